The summed E-state index contributed by atoms with van der Waals surface area (Å²) in [4.78, 5) is 24.4. The Bertz CT molecular complexity index is 270. The van der Waals surface area contributed by atoms with Gasteiger partial charge in [-0.25, -0.2) is 4.79 Å². The van der Waals surface area contributed by atoms with Crippen molar-refractivity contribution in [3.8, 4) is 0 Å². The zero-order valence-electron chi connectivity index (χ0n) is 10.4. The number of carbonyl (C=O) groups is 2. The van der Waals surface area contributed by atoms with E-state index in [0.29, 0.717) is 13.2 Å². The van der Waals surface area contributed by atoms with Gasteiger partial charge in [0.2, 0.25) is 0 Å². The first kappa shape index (κ1) is 13.8. The maximum Gasteiger partial charge on any atom is 0.407 e. The number of nitrogens with one attached hydrogen (secondary N) is 1. The number of nitrogens with zero attached hydrogens (tertiary/aromatic N) is 1. The Morgan fingerprint density at radius 1 is 1.47 bits per heavy atom. The van der Waals surface area contributed by atoms with E-state index >= 15 is 0 Å². The van der Waals surface area contributed by atoms with Crippen LogP contribution in [-0.2, 0) is 14.3 Å². The molecule has 1 saturated heterocycles. The number of alkyl carbamates (subject to hydrolysis) is 1. The number of piperidine rings is 1. The van der Waals surface area contributed by atoms with E-state index in [1.165, 1.54) is 7.11 Å². The molecule has 0 aromatic carbocycles. The molecule has 0 radical (unpaired) electrons. The fraction of sp³-hybridized carbons (Fsp3) is 0.818. The highest BCUT2D eigenvalue weighted by Crippen LogP contribution is 2.10. The Balaban J connectivity index is 2.33. The Morgan fingerprint density at radius 2 is 2.24 bits per heavy atom. The third kappa shape index (κ3) is 5.04. The molecule has 1 rings (SSSR count). The Kier molecular flexibility index (Phi) is 5.76. The number of hydrogen-bond donors (Lipinski definition) is 1. The van der Waals surface area contributed by atoms with Crippen LogP contribution in [0.5, 0.6) is 0 Å². The molecule has 0 bridgehead atoms. The average molecular weight is 244 g/mol. The fourth-order valence-electron chi connectivity index (χ4n) is 1.93. The molecule has 98 valence electrons. The number of likely N-dealkylation sites (tertiary alicyclic amines) is 1. The maximum atomic E-state index is 11.3. The van der Waals surface area contributed by atoms with Crippen molar-refractivity contribution in [1.82, 2.24) is 10.2 Å². The van der Waals surface area contributed by atoms with Crippen LogP contribution in [0, 0.1) is 0 Å². The summed E-state index contributed by atoms with van der Waals surface area (Å²) < 4.78 is 9.44. The number of hydrogen-bond acceptors (Lipinski definition) is 5. The van der Waals surface area contributed by atoms with Gasteiger partial charge in [0.25, 0.3) is 0 Å². The highest BCUT2D eigenvalue weighted by molar-refractivity contribution is 5.71. The lowest BCUT2D eigenvalue weighted by atomic mass is 10.1. The van der Waals surface area contributed by atoms with E-state index in [9.17, 15) is 9.59 Å². The number of amides is 1. The third-order valence-corrected chi connectivity index (χ3v) is 2.67. The van der Waals surface area contributed by atoms with Crippen molar-refractivity contribution in [2.75, 3.05) is 33.4 Å². The summed E-state index contributed by atoms with van der Waals surface area (Å²) >= 11 is 0. The molecule has 6 heteroatoms. The molecule has 1 heterocycles. The van der Waals surface area contributed by atoms with Gasteiger partial charge in [-0.2, -0.15) is 0 Å². The van der Waals surface area contributed by atoms with E-state index in [1.807, 2.05) is 4.90 Å². The number of rotatable bonds is 4. The van der Waals surface area contributed by atoms with Gasteiger partial charge in [-0.15, -0.1) is 0 Å². The van der Waals surface area contributed by atoms with Crippen molar-refractivity contribution in [3.63, 3.8) is 0 Å². The quantitative estimate of drug-likeness (QED) is 0.724. The largest absolute Gasteiger partial charge is 0.465 e. The van der Waals surface area contributed by atoms with Crippen molar-refractivity contribution >= 4 is 12.1 Å². The summed E-state index contributed by atoms with van der Waals surface area (Å²) in [6.07, 6.45) is 1.44. The summed E-state index contributed by atoms with van der Waals surface area (Å²) in [7, 11) is 1.34. The Morgan fingerprint density at radius 3 is 2.88 bits per heavy atom. The fourth-order valence-corrected chi connectivity index (χ4v) is 1.93. The van der Waals surface area contributed by atoms with E-state index in [4.69, 9.17) is 4.74 Å². The van der Waals surface area contributed by atoms with E-state index in [-0.39, 0.29) is 18.6 Å². The van der Waals surface area contributed by atoms with Crippen LogP contribution in [0.25, 0.3) is 0 Å². The van der Waals surface area contributed by atoms with Crippen LogP contribution >= 0.6 is 0 Å². The van der Waals surface area contributed by atoms with Crippen molar-refractivity contribution in [3.05, 3.63) is 0 Å². The molecule has 17 heavy (non-hydrogen) atoms. The summed E-state index contributed by atoms with van der Waals surface area (Å²) in [6, 6.07) is 0.0469. The molecule has 1 N–H and O–H groups in total. The lowest BCUT2D eigenvalue weighted by Gasteiger charge is -2.31. The summed E-state index contributed by atoms with van der Waals surface area (Å²) in [6.45, 7) is 3.99. The molecular weight excluding hydrogens is 224 g/mol. The SMILES string of the molecule is CCOC(=O)CN1CCCC(NC(=O)OC)C1. The van der Waals surface area contributed by atoms with Crippen molar-refractivity contribution in [2.24, 2.45) is 0 Å². The van der Waals surface area contributed by atoms with Gasteiger partial charge in [0, 0.05) is 12.6 Å². The topological polar surface area (TPSA) is 67.9 Å². The van der Waals surface area contributed by atoms with Crippen LogP contribution in [0.2, 0.25) is 0 Å². The minimum atomic E-state index is -0.423. The van der Waals surface area contributed by atoms with Crippen LogP contribution in [0.1, 0.15) is 19.8 Å². The summed E-state index contributed by atoms with van der Waals surface area (Å²) in [5.41, 5.74) is 0. The van der Waals surface area contributed by atoms with Crippen LogP contribution < -0.4 is 5.32 Å². The van der Waals surface area contributed by atoms with Gasteiger partial charge in [0.1, 0.15) is 0 Å². The van der Waals surface area contributed by atoms with Gasteiger partial charge >= 0.3 is 12.1 Å². The van der Waals surface area contributed by atoms with Crippen LogP contribution in [0.3, 0.4) is 0 Å². The van der Waals surface area contributed by atoms with E-state index in [0.717, 1.165) is 19.4 Å². The standard InChI is InChI=1S/C11H20N2O4/c1-3-17-10(14)8-13-6-4-5-9(7-13)12-11(15)16-2/h9H,3-8H2,1-2H3,(H,12,15). The number of carbonyl (C=O) groups excluding carboxylic acids is 2. The highest BCUT2D eigenvalue weighted by Gasteiger charge is 2.23. The van der Waals surface area contributed by atoms with Crippen LogP contribution in [-0.4, -0.2) is 56.4 Å². The normalized spacial score (nSPS) is 20.7. The molecule has 0 saturated carbocycles. The monoisotopic (exact) mass is 244 g/mol. The molecule has 0 spiro atoms. The van der Waals surface area contributed by atoms with Gasteiger partial charge < -0.3 is 14.8 Å². The second kappa shape index (κ2) is 7.11. The zero-order valence-corrected chi connectivity index (χ0v) is 10.4. The molecule has 1 amide bonds. The molecule has 1 aliphatic heterocycles. The molecule has 1 unspecified atom stereocenters. The second-order valence-corrected chi connectivity index (χ2v) is 4.02. The van der Waals surface area contributed by atoms with Gasteiger partial charge in [-0.1, -0.05) is 0 Å². The zero-order chi connectivity index (χ0) is 12.7. The first-order valence-electron chi connectivity index (χ1n) is 5.88. The number of methoxy groups -OCH3 is 1. The van der Waals surface area contributed by atoms with Crippen LogP contribution in [0.4, 0.5) is 4.79 Å². The summed E-state index contributed by atoms with van der Waals surface area (Å²) in [5, 5.41) is 2.75. The predicted octanol–water partition coefficient (Wildman–Crippen LogP) is 0.370. The van der Waals surface area contributed by atoms with Gasteiger partial charge in [-0.3, -0.25) is 9.69 Å². The van der Waals surface area contributed by atoms with Gasteiger partial charge in [0.05, 0.1) is 20.3 Å². The Labute approximate surface area is 101 Å². The van der Waals surface area contributed by atoms with Crippen LogP contribution in [0.15, 0.2) is 0 Å². The molecule has 1 fully saturated rings. The third-order valence-electron chi connectivity index (χ3n) is 2.67. The average Bonchev–Trinajstić information content (AvgIpc) is 2.29. The second-order valence-electron chi connectivity index (χ2n) is 4.02. The first-order chi connectivity index (χ1) is 8.15. The molecule has 1 atom stereocenters. The lowest BCUT2D eigenvalue weighted by molar-refractivity contribution is -0.144. The number of ether oxygens (including phenoxy) is 2. The number of esters is 1. The van der Waals surface area contributed by atoms with E-state index in [1.54, 1.807) is 6.92 Å². The predicted molar refractivity (Wildman–Crippen MR) is 61.6 cm³/mol. The minimum Gasteiger partial charge on any atom is -0.465 e. The minimum absolute atomic E-state index is 0.0469. The molecule has 1 aliphatic rings. The molecular formula is C11H20N2O4. The first-order valence-corrected chi connectivity index (χ1v) is 5.88. The molecule has 0 aliphatic carbocycles. The molecule has 6 nitrogen and oxygen atoms in total. The summed E-state index contributed by atoms with van der Waals surface area (Å²) in [5.74, 6) is -0.216. The van der Waals surface area contributed by atoms with Gasteiger partial charge in [0.15, 0.2) is 0 Å². The maximum absolute atomic E-state index is 11.3. The van der Waals surface area contributed by atoms with Crippen molar-refractivity contribution in [1.29, 1.82) is 0 Å². The molecule has 0 aromatic rings. The van der Waals surface area contributed by atoms with E-state index < -0.39 is 6.09 Å². The van der Waals surface area contributed by atoms with Gasteiger partial charge in [-0.05, 0) is 26.3 Å². The lowest BCUT2D eigenvalue weighted by Crippen LogP contribution is -2.49. The Hall–Kier alpha value is -1.30. The van der Waals surface area contributed by atoms with Crippen molar-refractivity contribution in [2.45, 2.75) is 25.8 Å². The van der Waals surface area contributed by atoms with Crippen molar-refractivity contribution < 1.29 is 19.1 Å². The smallest absolute Gasteiger partial charge is 0.407 e. The molecule has 0 aromatic heterocycles. The van der Waals surface area contributed by atoms with E-state index in [2.05, 4.69) is 10.1 Å². The highest BCUT2D eigenvalue weighted by atomic mass is 16.5.